The van der Waals surface area contributed by atoms with Crippen LogP contribution in [-0.2, 0) is 14.3 Å². The molecular weight excluding hydrogens is 300 g/mol. The fourth-order valence-corrected chi connectivity index (χ4v) is 4.41. The van der Waals surface area contributed by atoms with E-state index in [1.165, 1.54) is 13.2 Å². The highest BCUT2D eigenvalue weighted by molar-refractivity contribution is 6.25. The minimum atomic E-state index is -0.434. The Morgan fingerprint density at radius 2 is 1.42 bits per heavy atom. The molecule has 0 fully saturated rings. The van der Waals surface area contributed by atoms with E-state index >= 15 is 0 Å². The molecular formula is C21H14O3. The molecule has 2 aromatic rings. The Labute approximate surface area is 139 Å². The molecule has 24 heavy (non-hydrogen) atoms. The van der Waals surface area contributed by atoms with Crippen LogP contribution in [0.1, 0.15) is 28.2 Å². The molecule has 6 rings (SSSR count). The minimum absolute atomic E-state index is 0.0482. The highest BCUT2D eigenvalue weighted by Crippen LogP contribution is 2.56. The van der Waals surface area contributed by atoms with Crippen LogP contribution < -0.4 is 0 Å². The summed E-state index contributed by atoms with van der Waals surface area (Å²) in [6.45, 7) is 0. The Balaban J connectivity index is 1.92. The van der Waals surface area contributed by atoms with Gasteiger partial charge in [0, 0.05) is 17.6 Å². The summed E-state index contributed by atoms with van der Waals surface area (Å²) in [7, 11) is 1.44. The number of hydrogen-bond acceptors (Lipinski definition) is 3. The van der Waals surface area contributed by atoms with Crippen LogP contribution >= 0.6 is 0 Å². The van der Waals surface area contributed by atoms with Gasteiger partial charge in [-0.25, -0.2) is 0 Å². The molecule has 1 atom stereocenters. The lowest BCUT2D eigenvalue weighted by Crippen LogP contribution is -2.39. The molecule has 4 aliphatic carbocycles. The summed E-state index contributed by atoms with van der Waals surface area (Å²) in [5.41, 5.74) is 5.89. The van der Waals surface area contributed by atoms with Crippen molar-refractivity contribution in [3.8, 4) is 0 Å². The molecule has 0 radical (unpaired) electrons. The summed E-state index contributed by atoms with van der Waals surface area (Å²) in [6.07, 6.45) is 1.36. The fraction of sp³-hybridized carbons (Fsp3) is 0.143. The third-order valence-corrected chi connectivity index (χ3v) is 5.31. The predicted octanol–water partition coefficient (Wildman–Crippen LogP) is 3.25. The van der Waals surface area contributed by atoms with Crippen molar-refractivity contribution in [2.24, 2.45) is 5.92 Å². The average Bonchev–Trinajstić information content (AvgIpc) is 2.64. The second-order valence-corrected chi connectivity index (χ2v) is 6.36. The first-order valence-corrected chi connectivity index (χ1v) is 7.99. The number of carbonyl (C=O) groups is 2. The summed E-state index contributed by atoms with van der Waals surface area (Å²) >= 11 is 0. The van der Waals surface area contributed by atoms with Crippen LogP contribution in [0.25, 0.3) is 5.57 Å². The Morgan fingerprint density at radius 1 is 0.833 bits per heavy atom. The summed E-state index contributed by atoms with van der Waals surface area (Å²) in [5, 5.41) is 0. The first-order chi connectivity index (χ1) is 11.7. The van der Waals surface area contributed by atoms with Gasteiger partial charge in [0.15, 0.2) is 11.5 Å². The van der Waals surface area contributed by atoms with Gasteiger partial charge in [0.05, 0.1) is 13.0 Å². The maximum absolute atomic E-state index is 12.9. The van der Waals surface area contributed by atoms with E-state index in [0.717, 1.165) is 27.8 Å². The molecule has 3 heteroatoms. The van der Waals surface area contributed by atoms with Gasteiger partial charge in [-0.3, -0.25) is 9.59 Å². The Hall–Kier alpha value is -2.94. The number of benzene rings is 2. The van der Waals surface area contributed by atoms with Crippen molar-refractivity contribution < 1.29 is 14.3 Å². The number of carbonyl (C=O) groups excluding carboxylic acids is 2. The van der Waals surface area contributed by atoms with Crippen LogP contribution in [0, 0.1) is 5.92 Å². The molecule has 3 nitrogen and oxygen atoms in total. The van der Waals surface area contributed by atoms with Crippen LogP contribution in [0.3, 0.4) is 0 Å². The van der Waals surface area contributed by atoms with Crippen LogP contribution in [0.5, 0.6) is 0 Å². The summed E-state index contributed by atoms with van der Waals surface area (Å²) in [6, 6.07) is 16.2. The van der Waals surface area contributed by atoms with Gasteiger partial charge in [-0.15, -0.1) is 0 Å². The molecule has 0 amide bonds. The number of rotatable bonds is 1. The SMILES string of the molecule is COC1=CC(=O)C2C(=C3c4ccccc4C2c2ccccc23)C1=O. The molecule has 116 valence electrons. The van der Waals surface area contributed by atoms with Gasteiger partial charge in [0.1, 0.15) is 0 Å². The van der Waals surface area contributed by atoms with E-state index < -0.39 is 5.92 Å². The molecule has 1 unspecified atom stereocenters. The van der Waals surface area contributed by atoms with Gasteiger partial charge in [-0.2, -0.15) is 0 Å². The van der Waals surface area contributed by atoms with E-state index in [2.05, 4.69) is 12.1 Å². The van der Waals surface area contributed by atoms with Crippen LogP contribution in [0.2, 0.25) is 0 Å². The highest BCUT2D eigenvalue weighted by Gasteiger charge is 2.50. The monoisotopic (exact) mass is 314 g/mol. The molecule has 0 aromatic heterocycles. The number of hydrogen-bond donors (Lipinski definition) is 0. The zero-order valence-corrected chi connectivity index (χ0v) is 13.1. The number of ether oxygens (including phenoxy) is 1. The number of Topliss-reactive ketones (excluding diaryl/α,β-unsaturated/α-hetero) is 1. The lowest BCUT2D eigenvalue weighted by atomic mass is 9.58. The van der Waals surface area contributed by atoms with Crippen LogP contribution in [0.4, 0.5) is 0 Å². The number of methoxy groups -OCH3 is 1. The van der Waals surface area contributed by atoms with Crippen molar-refractivity contribution in [2.75, 3.05) is 7.11 Å². The van der Waals surface area contributed by atoms with Gasteiger partial charge < -0.3 is 4.74 Å². The molecule has 2 aromatic carbocycles. The van der Waals surface area contributed by atoms with Gasteiger partial charge in [0.2, 0.25) is 5.78 Å². The van der Waals surface area contributed by atoms with Crippen molar-refractivity contribution in [3.05, 3.63) is 88.2 Å². The molecule has 0 heterocycles. The second kappa shape index (κ2) is 4.54. The topological polar surface area (TPSA) is 43.4 Å². The molecule has 0 N–H and O–H groups in total. The van der Waals surface area contributed by atoms with E-state index in [9.17, 15) is 9.59 Å². The average molecular weight is 314 g/mol. The zero-order valence-electron chi connectivity index (χ0n) is 13.1. The van der Waals surface area contributed by atoms with Gasteiger partial charge in [-0.1, -0.05) is 48.5 Å². The van der Waals surface area contributed by atoms with Crippen molar-refractivity contribution in [3.63, 3.8) is 0 Å². The first kappa shape index (κ1) is 13.5. The second-order valence-electron chi connectivity index (χ2n) is 6.36. The number of ketones is 2. The van der Waals surface area contributed by atoms with E-state index in [1.807, 2.05) is 36.4 Å². The quantitative estimate of drug-likeness (QED) is 0.811. The van der Waals surface area contributed by atoms with Crippen molar-refractivity contribution in [1.29, 1.82) is 0 Å². The van der Waals surface area contributed by atoms with Gasteiger partial charge in [0.25, 0.3) is 0 Å². The van der Waals surface area contributed by atoms with E-state index in [4.69, 9.17) is 4.74 Å². The van der Waals surface area contributed by atoms with Crippen molar-refractivity contribution in [2.45, 2.75) is 5.92 Å². The predicted molar refractivity (Wildman–Crippen MR) is 89.3 cm³/mol. The van der Waals surface area contributed by atoms with E-state index in [1.54, 1.807) is 0 Å². The third kappa shape index (κ3) is 1.47. The summed E-state index contributed by atoms with van der Waals surface area (Å²) < 4.78 is 5.16. The molecule has 0 saturated heterocycles. The standard InChI is InChI=1S/C21H14O3/c1-24-16-10-15(22)19-17-11-6-2-4-8-13(11)18(20(19)21(16)23)14-9-5-3-7-12(14)17/h2-10,17,19H,1H3. The molecule has 2 bridgehead atoms. The molecule has 0 spiro atoms. The van der Waals surface area contributed by atoms with E-state index in [-0.39, 0.29) is 23.2 Å². The minimum Gasteiger partial charge on any atom is -0.493 e. The fourth-order valence-electron chi connectivity index (χ4n) is 4.41. The zero-order chi connectivity index (χ0) is 16.4. The Morgan fingerprint density at radius 3 is 2.00 bits per heavy atom. The Bertz CT molecular complexity index is 944. The number of allylic oxidation sites excluding steroid dienone is 2. The van der Waals surface area contributed by atoms with Crippen molar-refractivity contribution in [1.82, 2.24) is 0 Å². The third-order valence-electron chi connectivity index (χ3n) is 5.31. The van der Waals surface area contributed by atoms with Crippen molar-refractivity contribution >= 4 is 17.1 Å². The molecule has 0 saturated carbocycles. The summed E-state index contributed by atoms with van der Waals surface area (Å²) in [5.74, 6) is -0.604. The first-order valence-electron chi connectivity index (χ1n) is 7.99. The largest absolute Gasteiger partial charge is 0.493 e. The van der Waals surface area contributed by atoms with Gasteiger partial charge >= 0.3 is 0 Å². The van der Waals surface area contributed by atoms with Crippen LogP contribution in [0.15, 0.2) is 65.9 Å². The Kier molecular flexibility index (Phi) is 2.55. The summed E-state index contributed by atoms with van der Waals surface area (Å²) in [4.78, 5) is 25.8. The lowest BCUT2D eigenvalue weighted by Gasteiger charge is -2.43. The maximum Gasteiger partial charge on any atom is 0.225 e. The molecule has 4 aliphatic rings. The van der Waals surface area contributed by atoms with Crippen LogP contribution in [-0.4, -0.2) is 18.7 Å². The normalized spacial score (nSPS) is 23.5. The highest BCUT2D eigenvalue weighted by atomic mass is 16.5. The maximum atomic E-state index is 12.9. The lowest BCUT2D eigenvalue weighted by molar-refractivity contribution is -0.123. The molecule has 0 aliphatic heterocycles. The van der Waals surface area contributed by atoms with Gasteiger partial charge in [-0.05, 0) is 27.8 Å². The van der Waals surface area contributed by atoms with E-state index in [0.29, 0.717) is 5.57 Å². The smallest absolute Gasteiger partial charge is 0.225 e.